The summed E-state index contributed by atoms with van der Waals surface area (Å²) in [5, 5.41) is 23.3. The summed E-state index contributed by atoms with van der Waals surface area (Å²) in [6, 6.07) is 9.36. The van der Waals surface area contributed by atoms with Gasteiger partial charge in [-0.25, -0.2) is 5.43 Å². The molecular weight excluding hydrogens is 320 g/mol. The number of phenols is 2. The average molecular weight is 335 g/mol. The summed E-state index contributed by atoms with van der Waals surface area (Å²) in [6.45, 7) is 1.48. The summed E-state index contributed by atoms with van der Waals surface area (Å²) in [5.41, 5.74) is 3.31. The van der Waals surface area contributed by atoms with Gasteiger partial charge in [0.2, 0.25) is 0 Å². The summed E-state index contributed by atoms with van der Waals surface area (Å²) < 4.78 is 5.26. The highest BCUT2D eigenvalue weighted by atomic mass is 35.5. The van der Waals surface area contributed by atoms with Crippen molar-refractivity contribution in [2.45, 2.75) is 6.92 Å². The second-order valence-electron chi connectivity index (χ2n) is 4.73. The molecule has 1 amide bonds. The van der Waals surface area contributed by atoms with Crippen LogP contribution in [0, 0.1) is 6.92 Å². The van der Waals surface area contributed by atoms with Gasteiger partial charge in [-0.2, -0.15) is 5.10 Å². The monoisotopic (exact) mass is 334 g/mol. The highest BCUT2D eigenvalue weighted by molar-refractivity contribution is 6.30. The first kappa shape index (κ1) is 16.6. The maximum Gasteiger partial charge on any atom is 0.277 e. The summed E-state index contributed by atoms with van der Waals surface area (Å²) in [6.07, 6.45) is 1.29. The van der Waals surface area contributed by atoms with E-state index >= 15 is 0 Å². The lowest BCUT2D eigenvalue weighted by Gasteiger charge is -2.06. The third-order valence-corrected chi connectivity index (χ3v) is 3.13. The van der Waals surface area contributed by atoms with Crippen molar-refractivity contribution < 1.29 is 19.7 Å². The first-order valence-corrected chi connectivity index (χ1v) is 7.06. The predicted octanol–water partition coefficient (Wildman–Crippen LogP) is 2.59. The molecule has 0 spiro atoms. The molecule has 0 bridgehead atoms. The van der Waals surface area contributed by atoms with E-state index in [-0.39, 0.29) is 18.1 Å². The Hall–Kier alpha value is -2.73. The Kier molecular flexibility index (Phi) is 5.43. The van der Waals surface area contributed by atoms with Crippen molar-refractivity contribution in [1.82, 2.24) is 5.43 Å². The van der Waals surface area contributed by atoms with Gasteiger partial charge < -0.3 is 14.9 Å². The fraction of sp³-hybridized carbons (Fsp3) is 0.125. The van der Waals surface area contributed by atoms with Crippen LogP contribution in [0.5, 0.6) is 17.2 Å². The van der Waals surface area contributed by atoms with Gasteiger partial charge in [0.25, 0.3) is 5.91 Å². The molecule has 0 atom stereocenters. The van der Waals surface area contributed by atoms with Gasteiger partial charge in [-0.3, -0.25) is 4.79 Å². The predicted molar refractivity (Wildman–Crippen MR) is 87.2 cm³/mol. The van der Waals surface area contributed by atoms with Crippen LogP contribution >= 0.6 is 11.6 Å². The number of amides is 1. The Morgan fingerprint density at radius 1 is 1.35 bits per heavy atom. The maximum absolute atomic E-state index is 11.6. The fourth-order valence-electron chi connectivity index (χ4n) is 1.84. The Labute approximate surface area is 138 Å². The number of rotatable bonds is 5. The summed E-state index contributed by atoms with van der Waals surface area (Å²) in [4.78, 5) is 11.6. The first-order valence-electron chi connectivity index (χ1n) is 6.68. The van der Waals surface area contributed by atoms with Crippen molar-refractivity contribution >= 4 is 23.7 Å². The molecule has 23 heavy (non-hydrogen) atoms. The Morgan fingerprint density at radius 3 is 2.83 bits per heavy atom. The van der Waals surface area contributed by atoms with E-state index in [1.54, 1.807) is 31.2 Å². The van der Waals surface area contributed by atoms with E-state index in [1.807, 2.05) is 0 Å². The number of halogens is 1. The van der Waals surface area contributed by atoms with Crippen molar-refractivity contribution in [2.24, 2.45) is 5.10 Å². The number of carbonyl (C=O) groups is 1. The molecule has 0 heterocycles. The second kappa shape index (κ2) is 7.51. The van der Waals surface area contributed by atoms with Crippen LogP contribution in [0.1, 0.15) is 11.1 Å². The van der Waals surface area contributed by atoms with Crippen LogP contribution < -0.4 is 10.2 Å². The second-order valence-corrected chi connectivity index (χ2v) is 5.17. The number of hydrogen-bond donors (Lipinski definition) is 3. The molecule has 0 aliphatic rings. The molecule has 7 heteroatoms. The maximum atomic E-state index is 11.6. The lowest BCUT2D eigenvalue weighted by Crippen LogP contribution is -2.24. The van der Waals surface area contributed by atoms with E-state index in [1.165, 1.54) is 18.3 Å². The summed E-state index contributed by atoms with van der Waals surface area (Å²) in [5.74, 6) is -0.160. The fourth-order valence-corrected chi connectivity index (χ4v) is 2.02. The van der Waals surface area contributed by atoms with Gasteiger partial charge >= 0.3 is 0 Å². The molecule has 0 saturated carbocycles. The molecule has 0 saturated heterocycles. The van der Waals surface area contributed by atoms with E-state index in [0.29, 0.717) is 21.9 Å². The van der Waals surface area contributed by atoms with Crippen molar-refractivity contribution in [1.29, 1.82) is 0 Å². The van der Waals surface area contributed by atoms with Crippen LogP contribution in [0.2, 0.25) is 5.02 Å². The number of hydrogen-bond acceptors (Lipinski definition) is 5. The Bertz CT molecular complexity index is 724. The number of nitrogens with one attached hydrogen (secondary N) is 1. The zero-order valence-corrected chi connectivity index (χ0v) is 13.0. The standard InChI is InChI=1S/C16H15ClN2O4/c1-10-5-12(20)7-15(21)14(10)8-18-19-16(22)9-23-13-4-2-3-11(17)6-13/h2-8,20-21H,9H2,1H3,(H,19,22)/b18-8-. The lowest BCUT2D eigenvalue weighted by atomic mass is 10.1. The molecular formula is C16H15ClN2O4. The molecule has 0 fully saturated rings. The highest BCUT2D eigenvalue weighted by Crippen LogP contribution is 2.25. The SMILES string of the molecule is Cc1cc(O)cc(O)c1/C=N\NC(=O)COc1cccc(Cl)c1. The van der Waals surface area contributed by atoms with Crippen LogP contribution in [0.3, 0.4) is 0 Å². The normalized spacial score (nSPS) is 10.7. The minimum Gasteiger partial charge on any atom is -0.508 e. The first-order chi connectivity index (χ1) is 11.0. The minimum atomic E-state index is -0.461. The van der Waals surface area contributed by atoms with Gasteiger partial charge in [0, 0.05) is 16.7 Å². The molecule has 0 aliphatic carbocycles. The highest BCUT2D eigenvalue weighted by Gasteiger charge is 2.06. The molecule has 0 unspecified atom stereocenters. The van der Waals surface area contributed by atoms with Gasteiger partial charge in [0.15, 0.2) is 6.61 Å². The number of ether oxygens (including phenoxy) is 1. The molecule has 0 aromatic heterocycles. The average Bonchev–Trinajstić information content (AvgIpc) is 2.48. The minimum absolute atomic E-state index is 0.0453. The van der Waals surface area contributed by atoms with E-state index in [0.717, 1.165) is 0 Å². The topological polar surface area (TPSA) is 91.1 Å². The molecule has 0 aliphatic heterocycles. The number of aromatic hydroxyl groups is 2. The van der Waals surface area contributed by atoms with Crippen LogP contribution in [0.25, 0.3) is 0 Å². The molecule has 2 rings (SSSR count). The quantitative estimate of drug-likeness (QED) is 0.579. The van der Waals surface area contributed by atoms with Gasteiger partial charge in [0.1, 0.15) is 17.2 Å². The number of hydrazone groups is 1. The van der Waals surface area contributed by atoms with Crippen molar-refractivity contribution in [3.63, 3.8) is 0 Å². The van der Waals surface area contributed by atoms with Crippen LogP contribution in [-0.2, 0) is 4.79 Å². The Balaban J connectivity index is 1.89. The third-order valence-electron chi connectivity index (χ3n) is 2.90. The lowest BCUT2D eigenvalue weighted by molar-refractivity contribution is -0.123. The Morgan fingerprint density at radius 2 is 2.13 bits per heavy atom. The third kappa shape index (κ3) is 4.89. The van der Waals surface area contributed by atoms with Gasteiger partial charge in [-0.1, -0.05) is 17.7 Å². The molecule has 120 valence electrons. The zero-order valence-electron chi connectivity index (χ0n) is 12.3. The van der Waals surface area contributed by atoms with Gasteiger partial charge in [-0.15, -0.1) is 0 Å². The zero-order chi connectivity index (χ0) is 16.8. The van der Waals surface area contributed by atoms with Gasteiger partial charge in [0.05, 0.1) is 6.21 Å². The van der Waals surface area contributed by atoms with Crippen molar-refractivity contribution in [3.05, 3.63) is 52.5 Å². The van der Waals surface area contributed by atoms with Crippen LogP contribution in [0.4, 0.5) is 0 Å². The number of aryl methyl sites for hydroxylation is 1. The number of phenolic OH excluding ortho intramolecular Hbond substituents is 2. The van der Waals surface area contributed by atoms with E-state index in [4.69, 9.17) is 16.3 Å². The smallest absolute Gasteiger partial charge is 0.277 e. The molecule has 3 N–H and O–H groups in total. The van der Waals surface area contributed by atoms with E-state index < -0.39 is 5.91 Å². The van der Waals surface area contributed by atoms with Crippen LogP contribution in [0.15, 0.2) is 41.5 Å². The summed E-state index contributed by atoms with van der Waals surface area (Å²) in [7, 11) is 0. The molecule has 6 nitrogen and oxygen atoms in total. The molecule has 2 aromatic rings. The van der Waals surface area contributed by atoms with Crippen LogP contribution in [-0.4, -0.2) is 28.9 Å². The van der Waals surface area contributed by atoms with Gasteiger partial charge in [-0.05, 0) is 36.8 Å². The van der Waals surface area contributed by atoms with Crippen molar-refractivity contribution in [2.75, 3.05) is 6.61 Å². The van der Waals surface area contributed by atoms with E-state index in [9.17, 15) is 15.0 Å². The number of benzene rings is 2. The largest absolute Gasteiger partial charge is 0.508 e. The van der Waals surface area contributed by atoms with E-state index in [2.05, 4.69) is 10.5 Å². The molecule has 0 radical (unpaired) electrons. The number of carbonyl (C=O) groups excluding carboxylic acids is 1. The number of nitrogens with zero attached hydrogens (tertiary/aromatic N) is 1. The molecule has 2 aromatic carbocycles. The summed E-state index contributed by atoms with van der Waals surface area (Å²) >= 11 is 5.81. The van der Waals surface area contributed by atoms with Crippen molar-refractivity contribution in [3.8, 4) is 17.2 Å².